The van der Waals surface area contributed by atoms with E-state index in [-0.39, 0.29) is 5.91 Å². The lowest BCUT2D eigenvalue weighted by Crippen LogP contribution is -2.30. The van der Waals surface area contributed by atoms with Crippen molar-refractivity contribution in [3.05, 3.63) is 10.0 Å². The molecule has 0 spiro atoms. The fourth-order valence-corrected chi connectivity index (χ4v) is 2.42. The van der Waals surface area contributed by atoms with Crippen LogP contribution >= 0.6 is 23.1 Å². The second-order valence-corrected chi connectivity index (χ2v) is 5.60. The molecule has 0 aliphatic carbocycles. The summed E-state index contributed by atoms with van der Waals surface area (Å²) >= 11 is 7.10. The first kappa shape index (κ1) is 11.8. The van der Waals surface area contributed by atoms with E-state index in [0.717, 1.165) is 25.1 Å². The summed E-state index contributed by atoms with van der Waals surface area (Å²) in [5, 5.41) is 3.94. The third-order valence-corrected chi connectivity index (χ3v) is 3.93. The molecule has 1 fully saturated rings. The molecule has 4 nitrogen and oxygen atoms in total. The summed E-state index contributed by atoms with van der Waals surface area (Å²) < 4.78 is 4.36. The summed E-state index contributed by atoms with van der Waals surface area (Å²) in [5.41, 5.74) is 0.717. The Labute approximate surface area is 104 Å². The first-order valence-electron chi connectivity index (χ1n) is 5.41. The number of rotatable bonds is 2. The van der Waals surface area contributed by atoms with Crippen LogP contribution in [0.25, 0.3) is 0 Å². The van der Waals surface area contributed by atoms with Gasteiger partial charge in [-0.1, -0.05) is 23.0 Å². The van der Waals surface area contributed by atoms with Gasteiger partial charge in [-0.2, -0.15) is 0 Å². The zero-order valence-electron chi connectivity index (χ0n) is 9.15. The van der Waals surface area contributed by atoms with E-state index in [9.17, 15) is 4.79 Å². The van der Waals surface area contributed by atoms with Gasteiger partial charge in [0, 0.05) is 24.5 Å². The van der Waals surface area contributed by atoms with Gasteiger partial charge in [-0.3, -0.25) is 4.79 Å². The molecule has 0 radical (unpaired) electrons. The molecule has 0 aromatic carbocycles. The maximum atomic E-state index is 11.8. The molecular formula is C10H14ClN3OS. The minimum absolute atomic E-state index is 0.202. The van der Waals surface area contributed by atoms with Crippen molar-refractivity contribution >= 4 is 29.0 Å². The second kappa shape index (κ2) is 5.10. The van der Waals surface area contributed by atoms with E-state index in [1.54, 1.807) is 0 Å². The predicted octanol–water partition coefficient (Wildman–Crippen LogP) is 2.34. The molecule has 88 valence electrons. The smallest absolute Gasteiger partial charge is 0.222 e. The molecule has 1 unspecified atom stereocenters. The van der Waals surface area contributed by atoms with Crippen LogP contribution in [0.5, 0.6) is 0 Å². The molecule has 0 N–H and O–H groups in total. The van der Waals surface area contributed by atoms with E-state index in [1.165, 1.54) is 11.5 Å². The Bertz CT molecular complexity index is 382. The molecule has 16 heavy (non-hydrogen) atoms. The third-order valence-electron chi connectivity index (χ3n) is 2.95. The summed E-state index contributed by atoms with van der Waals surface area (Å²) in [6.45, 7) is 3.49. The SMILES string of the molecule is CC1CCC(=O)N(Cc2nnsc2Cl)CC1. The average molecular weight is 260 g/mol. The Morgan fingerprint density at radius 1 is 1.56 bits per heavy atom. The van der Waals surface area contributed by atoms with Gasteiger partial charge in [0.15, 0.2) is 0 Å². The highest BCUT2D eigenvalue weighted by Gasteiger charge is 2.21. The van der Waals surface area contributed by atoms with Gasteiger partial charge in [-0.15, -0.1) is 5.10 Å². The number of aromatic nitrogens is 2. The van der Waals surface area contributed by atoms with Crippen LogP contribution in [0.1, 0.15) is 31.9 Å². The summed E-state index contributed by atoms with van der Waals surface area (Å²) in [6, 6.07) is 0. The molecule has 1 aliphatic heterocycles. The Hall–Kier alpha value is -0.680. The van der Waals surface area contributed by atoms with Gasteiger partial charge in [-0.05, 0) is 18.8 Å². The quantitative estimate of drug-likeness (QED) is 0.819. The molecule has 1 aliphatic rings. The molecule has 1 amide bonds. The number of carbonyl (C=O) groups excluding carboxylic acids is 1. The molecule has 1 aromatic rings. The predicted molar refractivity (Wildman–Crippen MR) is 63.4 cm³/mol. The number of likely N-dealkylation sites (tertiary alicyclic amines) is 1. The number of nitrogens with zero attached hydrogens (tertiary/aromatic N) is 3. The summed E-state index contributed by atoms with van der Waals surface area (Å²) in [5.74, 6) is 0.825. The van der Waals surface area contributed by atoms with Crippen LogP contribution in [-0.2, 0) is 11.3 Å². The third kappa shape index (κ3) is 2.71. The van der Waals surface area contributed by atoms with Crippen molar-refractivity contribution in [3.63, 3.8) is 0 Å². The van der Waals surface area contributed by atoms with Gasteiger partial charge in [0.1, 0.15) is 10.0 Å². The van der Waals surface area contributed by atoms with E-state index in [2.05, 4.69) is 16.5 Å². The van der Waals surface area contributed by atoms with Gasteiger partial charge >= 0.3 is 0 Å². The zero-order valence-corrected chi connectivity index (χ0v) is 10.7. The van der Waals surface area contributed by atoms with Crippen molar-refractivity contribution < 1.29 is 4.79 Å². The number of hydrogen-bond acceptors (Lipinski definition) is 4. The van der Waals surface area contributed by atoms with E-state index in [0.29, 0.717) is 23.2 Å². The molecule has 6 heteroatoms. The first-order valence-corrected chi connectivity index (χ1v) is 6.56. The van der Waals surface area contributed by atoms with Crippen LogP contribution < -0.4 is 0 Å². The van der Waals surface area contributed by atoms with Gasteiger partial charge in [0.2, 0.25) is 5.91 Å². The fourth-order valence-electron chi connectivity index (χ4n) is 1.81. The Morgan fingerprint density at radius 2 is 2.38 bits per heavy atom. The maximum Gasteiger partial charge on any atom is 0.222 e. The fraction of sp³-hybridized carbons (Fsp3) is 0.700. The highest BCUT2D eigenvalue weighted by Crippen LogP contribution is 2.22. The molecular weight excluding hydrogens is 246 g/mol. The Morgan fingerprint density at radius 3 is 3.06 bits per heavy atom. The topological polar surface area (TPSA) is 46.1 Å². The van der Waals surface area contributed by atoms with Gasteiger partial charge in [-0.25, -0.2) is 0 Å². The molecule has 1 atom stereocenters. The first-order chi connectivity index (χ1) is 7.66. The molecule has 2 rings (SSSR count). The van der Waals surface area contributed by atoms with Crippen LogP contribution in [0.2, 0.25) is 4.34 Å². The highest BCUT2D eigenvalue weighted by atomic mass is 35.5. The second-order valence-electron chi connectivity index (χ2n) is 4.24. The summed E-state index contributed by atoms with van der Waals surface area (Å²) in [4.78, 5) is 13.7. The zero-order chi connectivity index (χ0) is 11.5. The van der Waals surface area contributed by atoms with Crippen LogP contribution in [0.3, 0.4) is 0 Å². The van der Waals surface area contributed by atoms with Gasteiger partial charge in [0.25, 0.3) is 0 Å². The van der Waals surface area contributed by atoms with Gasteiger partial charge in [0.05, 0.1) is 6.54 Å². The highest BCUT2D eigenvalue weighted by molar-refractivity contribution is 7.10. The number of carbonyl (C=O) groups is 1. The summed E-state index contributed by atoms with van der Waals surface area (Å²) in [7, 11) is 0. The molecule has 0 saturated carbocycles. The van der Waals surface area contributed by atoms with Crippen LogP contribution in [0.4, 0.5) is 0 Å². The van der Waals surface area contributed by atoms with Crippen LogP contribution in [0, 0.1) is 5.92 Å². The van der Waals surface area contributed by atoms with Crippen molar-refractivity contribution in [2.75, 3.05) is 6.54 Å². The van der Waals surface area contributed by atoms with Crippen LogP contribution in [-0.4, -0.2) is 26.9 Å². The number of amides is 1. The minimum atomic E-state index is 0.202. The van der Waals surface area contributed by atoms with Crippen molar-refractivity contribution in [1.82, 2.24) is 14.5 Å². The summed E-state index contributed by atoms with van der Waals surface area (Å²) in [6.07, 6.45) is 2.68. The van der Waals surface area contributed by atoms with Crippen molar-refractivity contribution in [1.29, 1.82) is 0 Å². The monoisotopic (exact) mass is 259 g/mol. The van der Waals surface area contributed by atoms with E-state index in [1.807, 2.05) is 4.90 Å². The minimum Gasteiger partial charge on any atom is -0.337 e. The maximum absolute atomic E-state index is 11.8. The lowest BCUT2D eigenvalue weighted by molar-refractivity contribution is -0.131. The largest absolute Gasteiger partial charge is 0.337 e. The van der Waals surface area contributed by atoms with Crippen molar-refractivity contribution in [3.8, 4) is 0 Å². The lowest BCUT2D eigenvalue weighted by Gasteiger charge is -2.19. The average Bonchev–Trinajstić information content (AvgIpc) is 2.59. The van der Waals surface area contributed by atoms with E-state index < -0.39 is 0 Å². The molecule has 2 heterocycles. The molecule has 0 bridgehead atoms. The van der Waals surface area contributed by atoms with Crippen molar-refractivity contribution in [2.45, 2.75) is 32.7 Å². The molecule has 1 saturated heterocycles. The van der Waals surface area contributed by atoms with E-state index >= 15 is 0 Å². The van der Waals surface area contributed by atoms with Crippen LogP contribution in [0.15, 0.2) is 0 Å². The Kier molecular flexibility index (Phi) is 3.76. The Balaban J connectivity index is 2.03. The number of hydrogen-bond donors (Lipinski definition) is 0. The molecule has 1 aromatic heterocycles. The lowest BCUT2D eigenvalue weighted by atomic mass is 10.0. The van der Waals surface area contributed by atoms with E-state index in [4.69, 9.17) is 11.6 Å². The normalized spacial score (nSPS) is 22.2. The standard InChI is InChI=1S/C10H14ClN3OS/c1-7-2-3-9(15)14(5-4-7)6-8-10(11)16-13-12-8/h7H,2-6H2,1H3. The number of halogens is 1. The van der Waals surface area contributed by atoms with Gasteiger partial charge < -0.3 is 4.90 Å². The van der Waals surface area contributed by atoms with Crippen molar-refractivity contribution in [2.24, 2.45) is 5.92 Å².